The third kappa shape index (κ3) is 3.92. The number of nitrogens with zero attached hydrogens (tertiary/aromatic N) is 2. The van der Waals surface area contributed by atoms with Gasteiger partial charge in [-0.2, -0.15) is 0 Å². The lowest BCUT2D eigenvalue weighted by Gasteiger charge is -2.37. The molecule has 0 bridgehead atoms. The average Bonchev–Trinajstić information content (AvgIpc) is 2.92. The fourth-order valence-electron chi connectivity index (χ4n) is 3.14. The number of ether oxygens (including phenoxy) is 1. The van der Waals surface area contributed by atoms with Crippen LogP contribution in [-0.2, 0) is 4.74 Å². The molecule has 4 nitrogen and oxygen atoms in total. The zero-order valence-corrected chi connectivity index (χ0v) is 12.0. The highest BCUT2D eigenvalue weighted by molar-refractivity contribution is 4.83. The third-order valence-electron chi connectivity index (χ3n) is 4.36. The predicted molar refractivity (Wildman–Crippen MR) is 74.9 cm³/mol. The number of hydrogen-bond donors (Lipinski definition) is 1. The van der Waals surface area contributed by atoms with Crippen molar-refractivity contribution in [3.63, 3.8) is 0 Å². The normalized spacial score (nSPS) is 28.7. The van der Waals surface area contributed by atoms with Gasteiger partial charge in [-0.3, -0.25) is 4.90 Å². The Kier molecular flexibility index (Phi) is 5.89. The quantitative estimate of drug-likeness (QED) is 0.754. The zero-order valence-electron chi connectivity index (χ0n) is 12.0. The van der Waals surface area contributed by atoms with E-state index < -0.39 is 0 Å². The molecule has 2 saturated heterocycles. The molecule has 0 aromatic heterocycles. The van der Waals surface area contributed by atoms with Crippen molar-refractivity contribution in [1.29, 1.82) is 0 Å². The van der Waals surface area contributed by atoms with Crippen LogP contribution in [0, 0.1) is 5.92 Å². The molecule has 1 N–H and O–H groups in total. The average molecular weight is 255 g/mol. The Morgan fingerprint density at radius 2 is 1.94 bits per heavy atom. The van der Waals surface area contributed by atoms with Gasteiger partial charge in [0.25, 0.3) is 0 Å². The van der Waals surface area contributed by atoms with E-state index in [1.807, 2.05) is 0 Å². The van der Waals surface area contributed by atoms with E-state index in [0.717, 1.165) is 13.2 Å². The molecule has 4 heteroatoms. The van der Waals surface area contributed by atoms with E-state index in [-0.39, 0.29) is 0 Å². The molecule has 0 radical (unpaired) electrons. The lowest BCUT2D eigenvalue weighted by molar-refractivity contribution is 0.110. The van der Waals surface area contributed by atoms with Gasteiger partial charge in [0.15, 0.2) is 0 Å². The van der Waals surface area contributed by atoms with Crippen molar-refractivity contribution in [2.75, 3.05) is 59.5 Å². The highest BCUT2D eigenvalue weighted by atomic mass is 16.5. The van der Waals surface area contributed by atoms with Crippen LogP contribution in [-0.4, -0.2) is 75.4 Å². The summed E-state index contributed by atoms with van der Waals surface area (Å²) in [5, 5.41) is 3.49. The van der Waals surface area contributed by atoms with Crippen LogP contribution in [0.15, 0.2) is 0 Å². The molecular weight excluding hydrogens is 226 g/mol. The Morgan fingerprint density at radius 1 is 1.22 bits per heavy atom. The van der Waals surface area contributed by atoms with E-state index in [9.17, 15) is 0 Å². The molecule has 2 aliphatic rings. The fourth-order valence-corrected chi connectivity index (χ4v) is 3.14. The Hall–Kier alpha value is -0.160. The lowest BCUT2D eigenvalue weighted by Crippen LogP contribution is -2.52. The molecule has 106 valence electrons. The van der Waals surface area contributed by atoms with Crippen LogP contribution in [0.3, 0.4) is 0 Å². The summed E-state index contributed by atoms with van der Waals surface area (Å²) in [5.74, 6) is 0.712. The molecule has 0 aromatic carbocycles. The summed E-state index contributed by atoms with van der Waals surface area (Å²) in [7, 11) is 2.09. The van der Waals surface area contributed by atoms with E-state index in [4.69, 9.17) is 4.74 Å². The Morgan fingerprint density at radius 3 is 2.50 bits per heavy atom. The summed E-state index contributed by atoms with van der Waals surface area (Å²) in [6.07, 6.45) is 2.50. The lowest BCUT2D eigenvalue weighted by atomic mass is 9.98. The summed E-state index contributed by atoms with van der Waals surface area (Å²) in [6, 6.07) is 0.602. The summed E-state index contributed by atoms with van der Waals surface area (Å²) in [5.41, 5.74) is 0. The maximum Gasteiger partial charge on any atom is 0.0510 e. The van der Waals surface area contributed by atoms with Crippen LogP contribution >= 0.6 is 0 Å². The number of nitrogens with one attached hydrogen (secondary N) is 1. The summed E-state index contributed by atoms with van der Waals surface area (Å²) >= 11 is 0. The van der Waals surface area contributed by atoms with Gasteiger partial charge in [0.1, 0.15) is 0 Å². The minimum atomic E-state index is 0.602. The molecule has 2 fully saturated rings. The van der Waals surface area contributed by atoms with E-state index in [1.54, 1.807) is 0 Å². The molecule has 2 atom stereocenters. The second-order valence-electron chi connectivity index (χ2n) is 5.66. The predicted octanol–water partition coefficient (Wildman–Crippen LogP) is 0.639. The van der Waals surface area contributed by atoms with E-state index in [0.29, 0.717) is 12.0 Å². The van der Waals surface area contributed by atoms with Gasteiger partial charge < -0.3 is 15.0 Å². The zero-order chi connectivity index (χ0) is 12.8. The first-order valence-corrected chi connectivity index (χ1v) is 7.53. The Bertz CT molecular complexity index is 223. The van der Waals surface area contributed by atoms with Crippen molar-refractivity contribution in [2.45, 2.75) is 25.8 Å². The first-order chi connectivity index (χ1) is 8.83. The van der Waals surface area contributed by atoms with E-state index >= 15 is 0 Å². The van der Waals surface area contributed by atoms with Crippen LogP contribution in [0.1, 0.15) is 19.8 Å². The monoisotopic (exact) mass is 255 g/mol. The molecule has 2 unspecified atom stereocenters. The minimum Gasteiger partial charge on any atom is -0.381 e. The highest BCUT2D eigenvalue weighted by Crippen LogP contribution is 2.18. The second kappa shape index (κ2) is 7.43. The number of piperazine rings is 1. The van der Waals surface area contributed by atoms with Crippen LogP contribution in [0.4, 0.5) is 0 Å². The van der Waals surface area contributed by atoms with E-state index in [2.05, 4.69) is 29.1 Å². The maximum atomic E-state index is 5.51. The molecule has 2 rings (SSSR count). The Labute approximate surface area is 112 Å². The number of likely N-dealkylation sites (N-methyl/N-ethyl adjacent to an activating group) is 1. The first-order valence-electron chi connectivity index (χ1n) is 7.53. The molecule has 0 aromatic rings. The topological polar surface area (TPSA) is 27.7 Å². The van der Waals surface area contributed by atoms with Gasteiger partial charge in [0, 0.05) is 51.3 Å². The van der Waals surface area contributed by atoms with Crippen LogP contribution in [0.2, 0.25) is 0 Å². The van der Waals surface area contributed by atoms with Gasteiger partial charge in [0.2, 0.25) is 0 Å². The van der Waals surface area contributed by atoms with Crippen molar-refractivity contribution in [3.05, 3.63) is 0 Å². The summed E-state index contributed by atoms with van der Waals surface area (Å²) in [4.78, 5) is 5.20. The SMILES string of the molecule is CCCN1CCN(CC(NC)C2CCOC2)CC1. The Balaban J connectivity index is 1.72. The molecule has 0 aliphatic carbocycles. The van der Waals surface area contributed by atoms with Gasteiger partial charge in [-0.1, -0.05) is 6.92 Å². The minimum absolute atomic E-state index is 0.602. The van der Waals surface area contributed by atoms with E-state index in [1.165, 1.54) is 52.1 Å². The molecular formula is C14H29N3O. The number of rotatable bonds is 6. The van der Waals surface area contributed by atoms with Gasteiger partial charge in [-0.15, -0.1) is 0 Å². The van der Waals surface area contributed by atoms with Gasteiger partial charge in [0.05, 0.1) is 6.61 Å². The van der Waals surface area contributed by atoms with Crippen molar-refractivity contribution in [2.24, 2.45) is 5.92 Å². The second-order valence-corrected chi connectivity index (χ2v) is 5.66. The third-order valence-corrected chi connectivity index (χ3v) is 4.36. The fraction of sp³-hybridized carbons (Fsp3) is 1.00. The molecule has 18 heavy (non-hydrogen) atoms. The van der Waals surface area contributed by atoms with Crippen LogP contribution in [0.25, 0.3) is 0 Å². The highest BCUT2D eigenvalue weighted by Gasteiger charge is 2.27. The van der Waals surface area contributed by atoms with Gasteiger partial charge >= 0.3 is 0 Å². The molecule has 0 spiro atoms. The standard InChI is InChI=1S/C14H29N3O/c1-3-5-16-6-8-17(9-7-16)11-14(15-2)13-4-10-18-12-13/h13-15H,3-12H2,1-2H3. The van der Waals surface area contributed by atoms with Crippen molar-refractivity contribution in [3.8, 4) is 0 Å². The largest absolute Gasteiger partial charge is 0.381 e. The molecule has 0 saturated carbocycles. The van der Waals surface area contributed by atoms with Gasteiger partial charge in [-0.05, 0) is 26.4 Å². The van der Waals surface area contributed by atoms with Crippen LogP contribution < -0.4 is 5.32 Å². The smallest absolute Gasteiger partial charge is 0.0510 e. The summed E-state index contributed by atoms with van der Waals surface area (Å²) in [6.45, 7) is 11.6. The number of hydrogen-bond acceptors (Lipinski definition) is 4. The maximum absolute atomic E-state index is 5.51. The first kappa shape index (κ1) is 14.3. The van der Waals surface area contributed by atoms with Crippen molar-refractivity contribution in [1.82, 2.24) is 15.1 Å². The van der Waals surface area contributed by atoms with Crippen molar-refractivity contribution >= 4 is 0 Å². The molecule has 2 aliphatic heterocycles. The van der Waals surface area contributed by atoms with Crippen molar-refractivity contribution < 1.29 is 4.74 Å². The molecule has 2 heterocycles. The van der Waals surface area contributed by atoms with Crippen LogP contribution in [0.5, 0.6) is 0 Å². The van der Waals surface area contributed by atoms with Gasteiger partial charge in [-0.25, -0.2) is 0 Å². The molecule has 0 amide bonds. The summed E-state index contributed by atoms with van der Waals surface area (Å²) < 4.78 is 5.51.